The lowest BCUT2D eigenvalue weighted by molar-refractivity contribution is 0.0882. The van der Waals surface area contributed by atoms with Crippen LogP contribution in [0.3, 0.4) is 0 Å². The summed E-state index contributed by atoms with van der Waals surface area (Å²) in [7, 11) is 0. The van der Waals surface area contributed by atoms with Gasteiger partial charge in [-0.2, -0.15) is 0 Å². The van der Waals surface area contributed by atoms with E-state index in [1.807, 2.05) is 0 Å². The number of rotatable bonds is 2. The largest absolute Gasteiger partial charge is 0.347 e. The molecule has 3 nitrogen and oxygen atoms in total. The highest BCUT2D eigenvalue weighted by molar-refractivity contribution is 6.29. The predicted octanol–water partition coefficient (Wildman–Crippen LogP) is 3.19. The lowest BCUT2D eigenvalue weighted by atomic mass is 9.83. The number of aromatic nitrogens is 1. The maximum atomic E-state index is 12.0. The predicted molar refractivity (Wildman–Crippen MR) is 68.2 cm³/mol. The first kappa shape index (κ1) is 12.4. The molecule has 1 fully saturated rings. The number of carbonyl (C=O) groups excluding carboxylic acids is 1. The van der Waals surface area contributed by atoms with E-state index in [1.54, 1.807) is 12.1 Å². The second kappa shape index (κ2) is 5.05. The van der Waals surface area contributed by atoms with E-state index in [2.05, 4.69) is 17.2 Å². The molecule has 4 heteroatoms. The summed E-state index contributed by atoms with van der Waals surface area (Å²) in [5, 5.41) is 3.52. The van der Waals surface area contributed by atoms with Crippen LogP contribution in [0.2, 0.25) is 5.15 Å². The van der Waals surface area contributed by atoms with Gasteiger partial charge in [0.2, 0.25) is 0 Å². The molecule has 1 aliphatic rings. The summed E-state index contributed by atoms with van der Waals surface area (Å²) >= 11 is 5.69. The lowest BCUT2D eigenvalue weighted by Crippen LogP contribution is -2.47. The molecule has 0 aromatic carbocycles. The molecule has 1 aliphatic carbocycles. The van der Waals surface area contributed by atoms with Gasteiger partial charge in [-0.15, -0.1) is 0 Å². The third kappa shape index (κ3) is 3.19. The minimum Gasteiger partial charge on any atom is -0.347 e. The zero-order valence-corrected chi connectivity index (χ0v) is 10.8. The summed E-state index contributed by atoms with van der Waals surface area (Å²) in [5.74, 6) is -0.0569. The normalized spacial score (nSPS) is 18.7. The van der Waals surface area contributed by atoms with E-state index >= 15 is 0 Å². The van der Waals surface area contributed by atoms with Gasteiger partial charge in [0.05, 0.1) is 5.56 Å². The summed E-state index contributed by atoms with van der Waals surface area (Å²) in [6.07, 6.45) is 7.28. The molecule has 17 heavy (non-hydrogen) atoms. The zero-order chi connectivity index (χ0) is 12.3. The van der Waals surface area contributed by atoms with Crippen molar-refractivity contribution in [3.63, 3.8) is 0 Å². The molecule has 1 N–H and O–H groups in total. The molecule has 1 aromatic heterocycles. The Morgan fingerprint density at radius 2 is 2.06 bits per heavy atom. The van der Waals surface area contributed by atoms with Gasteiger partial charge in [0, 0.05) is 11.7 Å². The first-order chi connectivity index (χ1) is 8.09. The average molecular weight is 253 g/mol. The van der Waals surface area contributed by atoms with Gasteiger partial charge in [0.1, 0.15) is 5.15 Å². The van der Waals surface area contributed by atoms with E-state index in [0.717, 1.165) is 12.8 Å². The van der Waals surface area contributed by atoms with Crippen molar-refractivity contribution in [2.24, 2.45) is 0 Å². The maximum absolute atomic E-state index is 12.0. The number of nitrogens with zero attached hydrogens (tertiary/aromatic N) is 1. The molecule has 0 spiro atoms. The van der Waals surface area contributed by atoms with Crippen LogP contribution in [0.4, 0.5) is 0 Å². The second-order valence-corrected chi connectivity index (χ2v) is 5.33. The Kier molecular flexibility index (Phi) is 3.67. The maximum Gasteiger partial charge on any atom is 0.253 e. The van der Waals surface area contributed by atoms with Crippen molar-refractivity contribution in [3.05, 3.63) is 29.0 Å². The fourth-order valence-electron chi connectivity index (χ4n) is 2.31. The van der Waals surface area contributed by atoms with Crippen LogP contribution in [-0.4, -0.2) is 16.4 Å². The topological polar surface area (TPSA) is 42.0 Å². The number of hydrogen-bond acceptors (Lipinski definition) is 2. The third-order valence-electron chi connectivity index (χ3n) is 3.36. The van der Waals surface area contributed by atoms with Gasteiger partial charge >= 0.3 is 0 Å². The Balaban J connectivity index is 2.03. The summed E-state index contributed by atoms with van der Waals surface area (Å²) in [6.45, 7) is 2.12. The van der Waals surface area contributed by atoms with Gasteiger partial charge in [-0.25, -0.2) is 4.98 Å². The molecule has 1 heterocycles. The first-order valence-electron chi connectivity index (χ1n) is 6.03. The quantitative estimate of drug-likeness (QED) is 0.822. The monoisotopic (exact) mass is 252 g/mol. The number of nitrogens with one attached hydrogen (secondary N) is 1. The fraction of sp³-hybridized carbons (Fsp3) is 0.538. The molecule has 0 radical (unpaired) electrons. The van der Waals surface area contributed by atoms with Crippen molar-refractivity contribution in [1.82, 2.24) is 10.3 Å². The molecular formula is C13H17ClN2O. The zero-order valence-electron chi connectivity index (χ0n) is 10.0. The Labute approximate surface area is 107 Å². The van der Waals surface area contributed by atoms with Crippen molar-refractivity contribution in [2.45, 2.75) is 44.6 Å². The molecule has 2 rings (SSSR count). The van der Waals surface area contributed by atoms with Gasteiger partial charge in [-0.1, -0.05) is 30.9 Å². The number of halogens is 1. The minimum atomic E-state index is -0.0605. The van der Waals surface area contributed by atoms with Gasteiger partial charge in [0.15, 0.2) is 0 Å². The van der Waals surface area contributed by atoms with E-state index in [1.165, 1.54) is 25.5 Å². The molecule has 0 atom stereocenters. The van der Waals surface area contributed by atoms with Crippen molar-refractivity contribution in [2.75, 3.05) is 0 Å². The highest BCUT2D eigenvalue weighted by atomic mass is 35.5. The highest BCUT2D eigenvalue weighted by Gasteiger charge is 2.28. The number of hydrogen-bond donors (Lipinski definition) is 1. The first-order valence-corrected chi connectivity index (χ1v) is 6.41. The van der Waals surface area contributed by atoms with Crippen molar-refractivity contribution in [1.29, 1.82) is 0 Å². The van der Waals surface area contributed by atoms with Crippen LogP contribution in [0.15, 0.2) is 18.3 Å². The molecule has 0 unspecified atom stereocenters. The second-order valence-electron chi connectivity index (χ2n) is 4.95. The van der Waals surface area contributed by atoms with Crippen LogP contribution < -0.4 is 5.32 Å². The number of pyridine rings is 1. The van der Waals surface area contributed by atoms with E-state index in [4.69, 9.17) is 11.6 Å². The molecule has 1 amide bonds. The van der Waals surface area contributed by atoms with E-state index in [9.17, 15) is 4.79 Å². The van der Waals surface area contributed by atoms with Crippen LogP contribution in [0.5, 0.6) is 0 Å². The number of carbonyl (C=O) groups is 1. The van der Waals surface area contributed by atoms with Crippen LogP contribution in [-0.2, 0) is 0 Å². The van der Waals surface area contributed by atoms with Crippen LogP contribution in [0.1, 0.15) is 49.4 Å². The fourth-order valence-corrected chi connectivity index (χ4v) is 2.43. The van der Waals surface area contributed by atoms with Gasteiger partial charge < -0.3 is 5.32 Å². The van der Waals surface area contributed by atoms with Crippen molar-refractivity contribution in [3.8, 4) is 0 Å². The van der Waals surface area contributed by atoms with Gasteiger partial charge in [-0.3, -0.25) is 4.79 Å². The highest BCUT2D eigenvalue weighted by Crippen LogP contribution is 2.27. The smallest absolute Gasteiger partial charge is 0.253 e. The van der Waals surface area contributed by atoms with Crippen LogP contribution >= 0.6 is 11.6 Å². The van der Waals surface area contributed by atoms with E-state index in [0.29, 0.717) is 10.7 Å². The molecule has 0 saturated heterocycles. The molecule has 92 valence electrons. The Morgan fingerprint density at radius 3 is 2.65 bits per heavy atom. The average Bonchev–Trinajstić information content (AvgIpc) is 2.30. The molecule has 0 aliphatic heterocycles. The summed E-state index contributed by atoms with van der Waals surface area (Å²) < 4.78 is 0. The lowest BCUT2D eigenvalue weighted by Gasteiger charge is -2.34. The van der Waals surface area contributed by atoms with Gasteiger partial charge in [-0.05, 0) is 31.9 Å². The summed E-state index contributed by atoms with van der Waals surface area (Å²) in [5.41, 5.74) is 0.510. The van der Waals surface area contributed by atoms with Gasteiger partial charge in [0.25, 0.3) is 5.91 Å². The molecular weight excluding hydrogens is 236 g/mol. The van der Waals surface area contributed by atoms with Crippen molar-refractivity contribution < 1.29 is 4.79 Å². The third-order valence-corrected chi connectivity index (χ3v) is 3.59. The molecule has 1 saturated carbocycles. The summed E-state index contributed by atoms with van der Waals surface area (Å²) in [6, 6.07) is 3.34. The minimum absolute atomic E-state index is 0.0569. The molecule has 1 aromatic rings. The van der Waals surface area contributed by atoms with E-state index in [-0.39, 0.29) is 11.4 Å². The Bertz CT molecular complexity index is 396. The Morgan fingerprint density at radius 1 is 1.35 bits per heavy atom. The van der Waals surface area contributed by atoms with Crippen LogP contribution in [0.25, 0.3) is 0 Å². The summed E-state index contributed by atoms with van der Waals surface area (Å²) in [4.78, 5) is 16.0. The van der Waals surface area contributed by atoms with Crippen molar-refractivity contribution >= 4 is 17.5 Å². The number of amides is 1. The Hall–Kier alpha value is -1.09. The standard InChI is InChI=1S/C13H17ClN2O/c1-13(7-3-2-4-8-13)16-12(17)10-5-6-11(14)15-9-10/h5-6,9H,2-4,7-8H2,1H3,(H,16,17). The van der Waals surface area contributed by atoms with E-state index < -0.39 is 0 Å². The SMILES string of the molecule is CC1(NC(=O)c2ccc(Cl)nc2)CCCCC1. The van der Waals surface area contributed by atoms with Crippen LogP contribution in [0, 0.1) is 0 Å². The molecule has 0 bridgehead atoms.